The highest BCUT2D eigenvalue weighted by atomic mass is 16.5. The largest absolute Gasteiger partial charge is 0.496 e. The lowest BCUT2D eigenvalue weighted by atomic mass is 9.96. The van der Waals surface area contributed by atoms with Crippen molar-refractivity contribution in [3.63, 3.8) is 0 Å². The highest BCUT2D eigenvalue weighted by Gasteiger charge is 2.27. The van der Waals surface area contributed by atoms with Crippen molar-refractivity contribution in [1.29, 1.82) is 0 Å². The number of methoxy groups -OCH3 is 2. The van der Waals surface area contributed by atoms with Gasteiger partial charge < -0.3 is 14.8 Å². The quantitative estimate of drug-likeness (QED) is 0.785. The summed E-state index contributed by atoms with van der Waals surface area (Å²) in [4.78, 5) is 2.52. The molecule has 1 fully saturated rings. The first-order valence-corrected chi connectivity index (χ1v) is 7.99. The van der Waals surface area contributed by atoms with Crippen LogP contribution < -0.4 is 14.8 Å². The van der Waals surface area contributed by atoms with Crippen molar-refractivity contribution in [1.82, 2.24) is 10.2 Å². The Morgan fingerprint density at radius 3 is 2.32 bits per heavy atom. The molecule has 1 atom stereocenters. The summed E-state index contributed by atoms with van der Waals surface area (Å²) in [6, 6.07) is 4.49. The second-order valence-electron chi connectivity index (χ2n) is 5.75. The van der Waals surface area contributed by atoms with Crippen molar-refractivity contribution in [3.05, 3.63) is 35.9 Å². The standard InChI is InChI=1S/C18H28N2O2/c1-5-6-7-15(20-10-8-19-9-11-20)18-16(21-3)12-14(2)13-17(18)22-4/h5,12-13,15,19H,1,6-11H2,2-4H3/t15-/m0/s1. The Hall–Kier alpha value is -1.52. The lowest BCUT2D eigenvalue weighted by Gasteiger charge is -2.36. The topological polar surface area (TPSA) is 33.7 Å². The Bertz CT molecular complexity index is 471. The van der Waals surface area contributed by atoms with Crippen LogP contribution in [0.4, 0.5) is 0 Å². The maximum atomic E-state index is 5.67. The number of rotatable bonds is 7. The molecule has 0 aliphatic carbocycles. The van der Waals surface area contributed by atoms with Crippen molar-refractivity contribution in [2.24, 2.45) is 0 Å². The zero-order valence-corrected chi connectivity index (χ0v) is 14.0. The molecule has 1 aromatic carbocycles. The summed E-state index contributed by atoms with van der Waals surface area (Å²) in [6.07, 6.45) is 4.00. The van der Waals surface area contributed by atoms with Gasteiger partial charge in [-0.3, -0.25) is 4.90 Å². The fourth-order valence-corrected chi connectivity index (χ4v) is 3.18. The fourth-order valence-electron chi connectivity index (χ4n) is 3.18. The van der Waals surface area contributed by atoms with Gasteiger partial charge in [-0.1, -0.05) is 6.08 Å². The van der Waals surface area contributed by atoms with Gasteiger partial charge in [-0.2, -0.15) is 0 Å². The van der Waals surface area contributed by atoms with E-state index in [4.69, 9.17) is 9.47 Å². The Morgan fingerprint density at radius 2 is 1.82 bits per heavy atom. The predicted octanol–water partition coefficient (Wildman–Crippen LogP) is 2.92. The van der Waals surface area contributed by atoms with Gasteiger partial charge in [-0.15, -0.1) is 6.58 Å². The van der Waals surface area contributed by atoms with Crippen LogP contribution in [0.25, 0.3) is 0 Å². The summed E-state index contributed by atoms with van der Waals surface area (Å²) in [5.41, 5.74) is 2.32. The van der Waals surface area contributed by atoms with Crippen molar-refractivity contribution in [3.8, 4) is 11.5 Å². The van der Waals surface area contributed by atoms with Crippen LogP contribution in [0.1, 0.15) is 30.0 Å². The van der Waals surface area contributed by atoms with Crippen LogP contribution in [0.5, 0.6) is 11.5 Å². The van der Waals surface area contributed by atoms with Crippen LogP contribution in [0, 0.1) is 6.92 Å². The van der Waals surface area contributed by atoms with E-state index in [-0.39, 0.29) is 0 Å². The third-order valence-corrected chi connectivity index (χ3v) is 4.26. The summed E-state index contributed by atoms with van der Waals surface area (Å²) < 4.78 is 11.3. The monoisotopic (exact) mass is 304 g/mol. The first kappa shape index (κ1) is 16.8. The number of ether oxygens (including phenoxy) is 2. The van der Waals surface area contributed by atoms with E-state index in [1.54, 1.807) is 14.2 Å². The molecule has 0 amide bonds. The van der Waals surface area contributed by atoms with E-state index in [0.717, 1.165) is 56.1 Å². The number of benzene rings is 1. The van der Waals surface area contributed by atoms with Gasteiger partial charge in [-0.25, -0.2) is 0 Å². The Balaban J connectivity index is 2.42. The van der Waals surface area contributed by atoms with E-state index in [9.17, 15) is 0 Å². The molecule has 0 bridgehead atoms. The van der Waals surface area contributed by atoms with Crippen molar-refractivity contribution in [2.45, 2.75) is 25.8 Å². The first-order valence-electron chi connectivity index (χ1n) is 7.99. The van der Waals surface area contributed by atoms with Crippen molar-refractivity contribution in [2.75, 3.05) is 40.4 Å². The molecule has 1 N–H and O–H groups in total. The number of allylic oxidation sites excluding steroid dienone is 1. The van der Waals surface area contributed by atoms with Crippen LogP contribution >= 0.6 is 0 Å². The smallest absolute Gasteiger partial charge is 0.127 e. The van der Waals surface area contributed by atoms with Gasteiger partial charge in [0.15, 0.2) is 0 Å². The van der Waals surface area contributed by atoms with Crippen LogP contribution in [0.3, 0.4) is 0 Å². The van der Waals surface area contributed by atoms with Gasteiger partial charge >= 0.3 is 0 Å². The van der Waals surface area contributed by atoms with Gasteiger partial charge in [0.05, 0.1) is 19.8 Å². The molecule has 22 heavy (non-hydrogen) atoms. The number of aryl methyl sites for hydroxylation is 1. The molecule has 4 heteroatoms. The molecular formula is C18H28N2O2. The van der Waals surface area contributed by atoms with Gasteiger partial charge in [-0.05, 0) is 37.5 Å². The fraction of sp³-hybridized carbons (Fsp3) is 0.556. The van der Waals surface area contributed by atoms with E-state index in [2.05, 4.69) is 35.9 Å². The Kier molecular flexibility index (Phi) is 6.28. The second-order valence-corrected chi connectivity index (χ2v) is 5.75. The molecule has 1 heterocycles. The molecule has 1 aliphatic heterocycles. The zero-order valence-electron chi connectivity index (χ0n) is 14.0. The van der Waals surface area contributed by atoms with E-state index in [1.807, 2.05) is 6.08 Å². The van der Waals surface area contributed by atoms with E-state index in [0.29, 0.717) is 6.04 Å². The second kappa shape index (κ2) is 8.20. The highest BCUT2D eigenvalue weighted by Crippen LogP contribution is 2.40. The van der Waals surface area contributed by atoms with Gasteiger partial charge in [0.2, 0.25) is 0 Å². The highest BCUT2D eigenvalue weighted by molar-refractivity contribution is 5.50. The molecular weight excluding hydrogens is 276 g/mol. The van der Waals surface area contributed by atoms with E-state index < -0.39 is 0 Å². The number of nitrogens with one attached hydrogen (secondary N) is 1. The van der Waals surface area contributed by atoms with Gasteiger partial charge in [0, 0.05) is 32.2 Å². The summed E-state index contributed by atoms with van der Waals surface area (Å²) in [6.45, 7) is 10.1. The maximum Gasteiger partial charge on any atom is 0.127 e. The maximum absolute atomic E-state index is 5.67. The molecule has 4 nitrogen and oxygen atoms in total. The molecule has 1 saturated heterocycles. The third-order valence-electron chi connectivity index (χ3n) is 4.26. The zero-order chi connectivity index (χ0) is 15.9. The van der Waals surface area contributed by atoms with Crippen LogP contribution in [0.15, 0.2) is 24.8 Å². The van der Waals surface area contributed by atoms with E-state index in [1.165, 1.54) is 5.56 Å². The average molecular weight is 304 g/mol. The lowest BCUT2D eigenvalue weighted by molar-refractivity contribution is 0.160. The Morgan fingerprint density at radius 1 is 1.23 bits per heavy atom. The molecule has 0 saturated carbocycles. The molecule has 0 unspecified atom stereocenters. The molecule has 0 spiro atoms. The van der Waals surface area contributed by atoms with Crippen LogP contribution in [-0.2, 0) is 0 Å². The van der Waals surface area contributed by atoms with Crippen molar-refractivity contribution < 1.29 is 9.47 Å². The molecule has 0 radical (unpaired) electrons. The third kappa shape index (κ3) is 3.81. The minimum atomic E-state index is 0.297. The lowest BCUT2D eigenvalue weighted by Crippen LogP contribution is -2.45. The predicted molar refractivity (Wildman–Crippen MR) is 90.9 cm³/mol. The van der Waals surface area contributed by atoms with Crippen molar-refractivity contribution >= 4 is 0 Å². The normalized spacial score (nSPS) is 17.0. The van der Waals surface area contributed by atoms with Gasteiger partial charge in [0.1, 0.15) is 11.5 Å². The molecule has 0 aromatic heterocycles. The number of hydrogen-bond donors (Lipinski definition) is 1. The number of nitrogens with zero attached hydrogens (tertiary/aromatic N) is 1. The average Bonchev–Trinajstić information content (AvgIpc) is 2.56. The molecule has 122 valence electrons. The van der Waals surface area contributed by atoms with Crippen LogP contribution in [0.2, 0.25) is 0 Å². The number of hydrogen-bond acceptors (Lipinski definition) is 4. The summed E-state index contributed by atoms with van der Waals surface area (Å²) in [5, 5.41) is 3.42. The Labute approximate surface area is 134 Å². The van der Waals surface area contributed by atoms with E-state index >= 15 is 0 Å². The molecule has 1 aliphatic rings. The number of piperazine rings is 1. The van der Waals surface area contributed by atoms with Gasteiger partial charge in [0.25, 0.3) is 0 Å². The van der Waals surface area contributed by atoms with Crippen LogP contribution in [-0.4, -0.2) is 45.3 Å². The first-order chi connectivity index (χ1) is 10.7. The molecule has 1 aromatic rings. The SMILES string of the molecule is C=CCC[C@@H](c1c(OC)cc(C)cc1OC)N1CCNCC1. The minimum Gasteiger partial charge on any atom is -0.496 e. The minimum absolute atomic E-state index is 0.297. The summed E-state index contributed by atoms with van der Waals surface area (Å²) in [7, 11) is 3.47. The summed E-state index contributed by atoms with van der Waals surface area (Å²) in [5.74, 6) is 1.84. The molecule has 2 rings (SSSR count). The summed E-state index contributed by atoms with van der Waals surface area (Å²) >= 11 is 0.